The monoisotopic (exact) mass is 123 g/mol. The largest absolute Gasteiger partial charge is 0.353 e. The molecule has 1 rings (SSSR count). The topological polar surface area (TPSA) is 3.24 Å². The highest BCUT2D eigenvalue weighted by Crippen LogP contribution is 2.17. The van der Waals surface area contributed by atoms with Crippen LogP contribution in [-0.2, 0) is 0 Å². The molecule has 1 saturated heterocycles. The van der Waals surface area contributed by atoms with Crippen molar-refractivity contribution >= 4 is 7.98 Å². The minimum atomic E-state index is 0.949. The normalized spacial score (nSPS) is 24.6. The van der Waals surface area contributed by atoms with Crippen LogP contribution in [0.2, 0.25) is 0 Å². The summed E-state index contributed by atoms with van der Waals surface area (Å²) < 4.78 is 0. The van der Waals surface area contributed by atoms with E-state index in [1.807, 2.05) is 4.81 Å². The molecule has 1 aliphatic rings. The Hall–Kier alpha value is 0.0249. The molecule has 2 radical (unpaired) electrons. The summed E-state index contributed by atoms with van der Waals surface area (Å²) >= 11 is 0. The van der Waals surface area contributed by atoms with Gasteiger partial charge in [0, 0.05) is 0 Å². The third kappa shape index (κ3) is 2.01. The van der Waals surface area contributed by atoms with Gasteiger partial charge in [0.1, 0.15) is 0 Å². The van der Waals surface area contributed by atoms with Gasteiger partial charge < -0.3 is 4.81 Å². The smallest absolute Gasteiger partial charge is 0.182 e. The zero-order valence-corrected chi connectivity index (χ0v) is 6.14. The highest BCUT2D eigenvalue weighted by Gasteiger charge is 2.13. The lowest BCUT2D eigenvalue weighted by Crippen LogP contribution is -2.31. The van der Waals surface area contributed by atoms with Gasteiger partial charge in [0.15, 0.2) is 7.98 Å². The Morgan fingerprint density at radius 1 is 1.44 bits per heavy atom. The molecule has 0 N–H and O–H groups in total. The zero-order valence-electron chi connectivity index (χ0n) is 6.14. The highest BCUT2D eigenvalue weighted by molar-refractivity contribution is 6.04. The molecule has 1 heterocycles. The van der Waals surface area contributed by atoms with Gasteiger partial charge in [-0.3, -0.25) is 0 Å². The molecule has 0 aromatic carbocycles. The molecular weight excluding hydrogens is 109 g/mol. The quantitative estimate of drug-likeness (QED) is 0.473. The lowest BCUT2D eigenvalue weighted by Gasteiger charge is -2.28. The first-order valence-electron chi connectivity index (χ1n) is 3.82. The fourth-order valence-electron chi connectivity index (χ4n) is 1.36. The van der Waals surface area contributed by atoms with Crippen molar-refractivity contribution in [3.05, 3.63) is 0 Å². The predicted octanol–water partition coefficient (Wildman–Crippen LogP) is 1.19. The summed E-state index contributed by atoms with van der Waals surface area (Å²) in [6.45, 7) is 4.45. The molecule has 50 valence electrons. The molecule has 0 bridgehead atoms. The minimum Gasteiger partial charge on any atom is -0.353 e. The first-order valence-corrected chi connectivity index (χ1v) is 3.82. The predicted molar refractivity (Wildman–Crippen MR) is 40.3 cm³/mol. The molecular formula is C7H14BN. The number of hydrogen-bond donors (Lipinski definition) is 0. The Balaban J connectivity index is 2.18. The van der Waals surface area contributed by atoms with Gasteiger partial charge in [-0.2, -0.15) is 0 Å². The molecule has 0 aromatic rings. The zero-order chi connectivity index (χ0) is 6.69. The molecule has 0 unspecified atom stereocenters. The maximum Gasteiger partial charge on any atom is 0.182 e. The number of nitrogens with zero attached hydrogens (tertiary/aromatic N) is 1. The lowest BCUT2D eigenvalue weighted by molar-refractivity contribution is 0.277. The van der Waals surface area contributed by atoms with Crippen molar-refractivity contribution in [1.29, 1.82) is 0 Å². The van der Waals surface area contributed by atoms with Crippen LogP contribution in [0, 0.1) is 5.92 Å². The first kappa shape index (κ1) is 7.14. The third-order valence-electron chi connectivity index (χ3n) is 2.23. The molecule has 9 heavy (non-hydrogen) atoms. The Kier molecular flexibility index (Phi) is 2.58. The van der Waals surface area contributed by atoms with Crippen LogP contribution >= 0.6 is 0 Å². The molecule has 1 nitrogen and oxygen atoms in total. The molecule has 0 saturated carbocycles. The van der Waals surface area contributed by atoms with E-state index in [9.17, 15) is 0 Å². The van der Waals surface area contributed by atoms with Gasteiger partial charge in [0.05, 0.1) is 0 Å². The van der Waals surface area contributed by atoms with Crippen molar-refractivity contribution in [3.63, 3.8) is 0 Å². The molecule has 0 aliphatic carbocycles. The maximum absolute atomic E-state index is 5.58. The minimum absolute atomic E-state index is 0.949. The molecule has 0 spiro atoms. The average Bonchev–Trinajstić information content (AvgIpc) is 1.90. The van der Waals surface area contributed by atoms with Crippen LogP contribution < -0.4 is 0 Å². The molecule has 0 aromatic heterocycles. The van der Waals surface area contributed by atoms with Gasteiger partial charge in [0.25, 0.3) is 0 Å². The van der Waals surface area contributed by atoms with E-state index >= 15 is 0 Å². The molecule has 1 aliphatic heterocycles. The second-order valence-electron chi connectivity index (χ2n) is 2.89. The molecule has 0 amide bonds. The van der Waals surface area contributed by atoms with Gasteiger partial charge in [-0.25, -0.2) is 0 Å². The summed E-state index contributed by atoms with van der Waals surface area (Å²) in [7, 11) is 5.58. The number of hydrogen-bond acceptors (Lipinski definition) is 1. The summed E-state index contributed by atoms with van der Waals surface area (Å²) in [5, 5.41) is 0. The van der Waals surface area contributed by atoms with E-state index in [2.05, 4.69) is 6.92 Å². The van der Waals surface area contributed by atoms with Crippen LogP contribution in [0.4, 0.5) is 0 Å². The van der Waals surface area contributed by atoms with Gasteiger partial charge in [0.2, 0.25) is 0 Å². The lowest BCUT2D eigenvalue weighted by atomic mass is 9.93. The molecule has 2 heteroatoms. The van der Waals surface area contributed by atoms with Crippen LogP contribution in [0.3, 0.4) is 0 Å². The van der Waals surface area contributed by atoms with E-state index in [-0.39, 0.29) is 0 Å². The fraction of sp³-hybridized carbons (Fsp3) is 1.00. The standard InChI is InChI=1S/C7H14BN/c1-2-7-3-5-9(8)6-4-7/h7H,2-6H2,1H3. The Morgan fingerprint density at radius 3 is 2.44 bits per heavy atom. The molecule has 1 fully saturated rings. The van der Waals surface area contributed by atoms with Crippen molar-refractivity contribution < 1.29 is 0 Å². The third-order valence-corrected chi connectivity index (χ3v) is 2.23. The summed E-state index contributed by atoms with van der Waals surface area (Å²) in [6.07, 6.45) is 3.92. The van der Waals surface area contributed by atoms with Crippen LogP contribution in [0.5, 0.6) is 0 Å². The maximum atomic E-state index is 5.58. The summed E-state index contributed by atoms with van der Waals surface area (Å²) in [4.78, 5) is 1.92. The molecule has 0 atom stereocenters. The summed E-state index contributed by atoms with van der Waals surface area (Å²) in [5.41, 5.74) is 0. The van der Waals surface area contributed by atoms with Gasteiger partial charge >= 0.3 is 0 Å². The number of piperidine rings is 1. The van der Waals surface area contributed by atoms with E-state index in [0.29, 0.717) is 0 Å². The summed E-state index contributed by atoms with van der Waals surface area (Å²) in [5.74, 6) is 0.949. The van der Waals surface area contributed by atoms with Gasteiger partial charge in [-0.05, 0) is 31.8 Å². The highest BCUT2D eigenvalue weighted by atomic mass is 15.0. The van der Waals surface area contributed by atoms with E-state index in [1.54, 1.807) is 0 Å². The Morgan fingerprint density at radius 2 is 2.00 bits per heavy atom. The number of rotatable bonds is 1. The van der Waals surface area contributed by atoms with E-state index in [0.717, 1.165) is 19.0 Å². The van der Waals surface area contributed by atoms with Crippen LogP contribution in [0.1, 0.15) is 26.2 Å². The van der Waals surface area contributed by atoms with Gasteiger partial charge in [-0.1, -0.05) is 13.3 Å². The van der Waals surface area contributed by atoms with Crippen LogP contribution in [-0.4, -0.2) is 25.9 Å². The van der Waals surface area contributed by atoms with E-state index in [1.165, 1.54) is 19.3 Å². The van der Waals surface area contributed by atoms with Crippen molar-refractivity contribution in [2.24, 2.45) is 5.92 Å². The van der Waals surface area contributed by atoms with Crippen molar-refractivity contribution in [1.82, 2.24) is 4.81 Å². The van der Waals surface area contributed by atoms with E-state index < -0.39 is 0 Å². The SMILES string of the molecule is [B]N1CCC(CC)CC1. The van der Waals surface area contributed by atoms with Crippen molar-refractivity contribution in [2.45, 2.75) is 26.2 Å². The van der Waals surface area contributed by atoms with Crippen LogP contribution in [0.15, 0.2) is 0 Å². The first-order chi connectivity index (χ1) is 4.33. The second-order valence-corrected chi connectivity index (χ2v) is 2.89. The van der Waals surface area contributed by atoms with E-state index in [4.69, 9.17) is 7.98 Å². The van der Waals surface area contributed by atoms with Crippen molar-refractivity contribution in [2.75, 3.05) is 13.1 Å². The fourth-order valence-corrected chi connectivity index (χ4v) is 1.36. The van der Waals surface area contributed by atoms with Crippen molar-refractivity contribution in [3.8, 4) is 0 Å². The Labute approximate surface area is 58.9 Å². The second kappa shape index (κ2) is 3.26. The Bertz CT molecular complexity index is 77.0. The van der Waals surface area contributed by atoms with Gasteiger partial charge in [-0.15, -0.1) is 0 Å². The average molecular weight is 123 g/mol. The van der Waals surface area contributed by atoms with Crippen LogP contribution in [0.25, 0.3) is 0 Å². The summed E-state index contributed by atoms with van der Waals surface area (Å²) in [6, 6.07) is 0.